The highest BCUT2D eigenvalue weighted by Gasteiger charge is 2.10. The van der Waals surface area contributed by atoms with Crippen LogP contribution < -0.4 is 10.0 Å². The number of hydrogen-bond acceptors (Lipinski definition) is 5. The third-order valence-electron chi connectivity index (χ3n) is 2.07. The summed E-state index contributed by atoms with van der Waals surface area (Å²) in [6.07, 6.45) is 2.28. The van der Waals surface area contributed by atoms with E-state index in [1.54, 1.807) is 6.20 Å². The third kappa shape index (κ3) is 6.72. The summed E-state index contributed by atoms with van der Waals surface area (Å²) < 4.78 is 25.8. The average molecular weight is 277 g/mol. The second-order valence-electron chi connectivity index (χ2n) is 4.03. The third-order valence-corrected chi connectivity index (χ3v) is 4.26. The molecule has 0 aromatic carbocycles. The number of nitrogens with zero attached hydrogens (tertiary/aromatic N) is 1. The maximum Gasteiger partial charge on any atom is 0.212 e. The van der Waals surface area contributed by atoms with E-state index < -0.39 is 10.0 Å². The van der Waals surface area contributed by atoms with Crippen molar-refractivity contribution in [3.63, 3.8) is 0 Å². The zero-order valence-corrected chi connectivity index (χ0v) is 11.8. The number of nitrogens with one attached hydrogen (secondary N) is 2. The summed E-state index contributed by atoms with van der Waals surface area (Å²) in [4.78, 5) is 4.02. The van der Waals surface area contributed by atoms with Crippen LogP contribution in [0.1, 0.15) is 25.3 Å². The predicted octanol–water partition coefficient (Wildman–Crippen LogP) is 0.951. The first-order chi connectivity index (χ1) is 7.99. The van der Waals surface area contributed by atoms with Crippen molar-refractivity contribution in [3.05, 3.63) is 16.6 Å². The van der Waals surface area contributed by atoms with Gasteiger partial charge in [-0.1, -0.05) is 13.8 Å². The van der Waals surface area contributed by atoms with E-state index in [1.807, 2.05) is 19.2 Å². The van der Waals surface area contributed by atoms with Gasteiger partial charge in [0.2, 0.25) is 10.0 Å². The van der Waals surface area contributed by atoms with Crippen LogP contribution in [0.2, 0.25) is 0 Å². The van der Waals surface area contributed by atoms with E-state index in [4.69, 9.17) is 0 Å². The Labute approximate surface area is 107 Å². The first-order valence-corrected chi connectivity index (χ1v) is 8.12. The molecule has 1 aromatic rings. The Bertz CT molecular complexity index is 401. The smallest absolute Gasteiger partial charge is 0.212 e. The van der Waals surface area contributed by atoms with Gasteiger partial charge >= 0.3 is 0 Å². The van der Waals surface area contributed by atoms with Crippen LogP contribution in [0.4, 0.5) is 0 Å². The normalized spacial score (nSPS) is 12.2. The Hall–Kier alpha value is -0.500. The van der Waals surface area contributed by atoms with Gasteiger partial charge in [-0.05, 0) is 13.0 Å². The Morgan fingerprint density at radius 3 is 2.82 bits per heavy atom. The Balaban J connectivity index is 2.22. The van der Waals surface area contributed by atoms with Gasteiger partial charge in [-0.3, -0.25) is 0 Å². The molecule has 0 aliphatic carbocycles. The van der Waals surface area contributed by atoms with Gasteiger partial charge in [0.15, 0.2) is 0 Å². The number of aromatic nitrogens is 1. The number of thiazole rings is 1. The van der Waals surface area contributed by atoms with E-state index >= 15 is 0 Å². The molecule has 0 bridgehead atoms. The molecular formula is C10H19N3O2S2. The summed E-state index contributed by atoms with van der Waals surface area (Å²) in [7, 11) is -3.18. The highest BCUT2D eigenvalue weighted by Crippen LogP contribution is 2.03. The van der Waals surface area contributed by atoms with E-state index in [1.165, 1.54) is 11.3 Å². The van der Waals surface area contributed by atoms with E-state index in [0.29, 0.717) is 12.5 Å². The van der Waals surface area contributed by atoms with Crippen LogP contribution >= 0.6 is 11.3 Å². The van der Waals surface area contributed by atoms with Gasteiger partial charge in [-0.15, -0.1) is 11.3 Å². The molecule has 1 aromatic heterocycles. The van der Waals surface area contributed by atoms with Crippen LogP contribution in [0.3, 0.4) is 0 Å². The van der Waals surface area contributed by atoms with Gasteiger partial charge in [0, 0.05) is 17.6 Å². The fourth-order valence-electron chi connectivity index (χ4n) is 1.24. The topological polar surface area (TPSA) is 71.1 Å². The van der Waals surface area contributed by atoms with Crippen molar-refractivity contribution in [1.82, 2.24) is 15.0 Å². The molecule has 0 unspecified atom stereocenters. The van der Waals surface area contributed by atoms with Gasteiger partial charge < -0.3 is 5.32 Å². The van der Waals surface area contributed by atoms with Gasteiger partial charge in [0.05, 0.1) is 12.3 Å². The fourth-order valence-corrected chi connectivity index (χ4v) is 2.91. The fraction of sp³-hybridized carbons (Fsp3) is 0.700. The summed E-state index contributed by atoms with van der Waals surface area (Å²) in [5.41, 5.74) is 0. The molecule has 1 rings (SSSR count). The highest BCUT2D eigenvalue weighted by atomic mass is 32.2. The van der Waals surface area contributed by atoms with Crippen LogP contribution in [0.5, 0.6) is 0 Å². The second-order valence-corrected chi connectivity index (χ2v) is 6.93. The zero-order valence-electron chi connectivity index (χ0n) is 10.1. The van der Waals surface area contributed by atoms with Gasteiger partial charge in [0.25, 0.3) is 0 Å². The first-order valence-electron chi connectivity index (χ1n) is 5.59. The van der Waals surface area contributed by atoms with Crippen molar-refractivity contribution in [3.8, 4) is 0 Å². The molecule has 0 radical (unpaired) electrons. The van der Waals surface area contributed by atoms with Crippen molar-refractivity contribution in [2.75, 3.05) is 12.3 Å². The molecule has 17 heavy (non-hydrogen) atoms. The molecule has 0 amide bonds. The molecule has 0 fully saturated rings. The summed E-state index contributed by atoms with van der Waals surface area (Å²) >= 11 is 1.45. The van der Waals surface area contributed by atoms with E-state index in [0.717, 1.165) is 11.6 Å². The van der Waals surface area contributed by atoms with Crippen molar-refractivity contribution >= 4 is 21.4 Å². The lowest BCUT2D eigenvalue weighted by molar-refractivity contribution is 0.560. The van der Waals surface area contributed by atoms with Crippen molar-refractivity contribution in [2.24, 2.45) is 0 Å². The van der Waals surface area contributed by atoms with E-state index in [-0.39, 0.29) is 12.3 Å². The lowest BCUT2D eigenvalue weighted by atomic mass is 10.4. The molecule has 0 saturated heterocycles. The Kier molecular flexibility index (Phi) is 6.04. The number of hydrogen-bond donors (Lipinski definition) is 2. The number of rotatable bonds is 8. The lowest BCUT2D eigenvalue weighted by Gasteiger charge is -2.08. The molecule has 5 nitrogen and oxygen atoms in total. The molecule has 98 valence electrons. The van der Waals surface area contributed by atoms with Crippen LogP contribution in [0, 0.1) is 0 Å². The molecule has 0 atom stereocenters. The van der Waals surface area contributed by atoms with E-state index in [9.17, 15) is 8.42 Å². The number of sulfonamides is 1. The molecule has 0 saturated carbocycles. The molecule has 7 heteroatoms. The van der Waals surface area contributed by atoms with Crippen molar-refractivity contribution in [1.29, 1.82) is 0 Å². The molecule has 1 heterocycles. The molecule has 2 N–H and O–H groups in total. The van der Waals surface area contributed by atoms with Crippen LogP contribution in [-0.2, 0) is 16.6 Å². The predicted molar refractivity (Wildman–Crippen MR) is 70.5 cm³/mol. The maximum atomic E-state index is 11.6. The molecule has 0 aliphatic heterocycles. The lowest BCUT2D eigenvalue weighted by Crippen LogP contribution is -2.29. The Morgan fingerprint density at radius 2 is 2.24 bits per heavy atom. The summed E-state index contributed by atoms with van der Waals surface area (Å²) in [5, 5.41) is 5.80. The minimum absolute atomic E-state index is 0.151. The molecule has 0 spiro atoms. The molecule has 0 aliphatic rings. The molecular weight excluding hydrogens is 258 g/mol. The monoisotopic (exact) mass is 277 g/mol. The van der Waals surface area contributed by atoms with Crippen LogP contribution in [-0.4, -0.2) is 31.7 Å². The summed E-state index contributed by atoms with van der Waals surface area (Å²) in [5.74, 6) is 0.151. The minimum atomic E-state index is -3.18. The Morgan fingerprint density at radius 1 is 1.47 bits per heavy atom. The second kappa shape index (κ2) is 7.05. The van der Waals surface area contributed by atoms with Crippen molar-refractivity contribution < 1.29 is 8.42 Å². The largest absolute Gasteiger partial charge is 0.314 e. The van der Waals surface area contributed by atoms with Gasteiger partial charge in [-0.2, -0.15) is 0 Å². The average Bonchev–Trinajstić information content (AvgIpc) is 2.74. The standard InChI is InChI=1S/C10H19N3O2S2/c1-9(2)11-4-3-7-17(14,15)13-8-10-12-5-6-16-10/h5-6,9,11,13H,3-4,7-8H2,1-2H3. The van der Waals surface area contributed by atoms with E-state index in [2.05, 4.69) is 15.0 Å². The summed E-state index contributed by atoms with van der Waals surface area (Å²) in [6, 6.07) is 0.390. The van der Waals surface area contributed by atoms with Crippen LogP contribution in [0.25, 0.3) is 0 Å². The maximum absolute atomic E-state index is 11.6. The van der Waals surface area contributed by atoms with Crippen LogP contribution in [0.15, 0.2) is 11.6 Å². The van der Waals surface area contributed by atoms with Gasteiger partial charge in [0.1, 0.15) is 5.01 Å². The highest BCUT2D eigenvalue weighted by molar-refractivity contribution is 7.89. The SMILES string of the molecule is CC(C)NCCCS(=O)(=O)NCc1nccs1. The van der Waals surface area contributed by atoms with Crippen molar-refractivity contribution in [2.45, 2.75) is 32.9 Å². The first kappa shape index (κ1) is 14.6. The quantitative estimate of drug-likeness (QED) is 0.694. The minimum Gasteiger partial charge on any atom is -0.314 e. The zero-order chi connectivity index (χ0) is 12.7. The van der Waals surface area contributed by atoms with Gasteiger partial charge in [-0.25, -0.2) is 18.1 Å². The summed E-state index contributed by atoms with van der Waals surface area (Å²) in [6.45, 7) is 5.08.